The lowest BCUT2D eigenvalue weighted by Gasteiger charge is -2.06. The van der Waals surface area contributed by atoms with Crippen molar-refractivity contribution < 1.29 is 14.3 Å². The summed E-state index contributed by atoms with van der Waals surface area (Å²) in [5.74, 6) is -2.06. The van der Waals surface area contributed by atoms with Crippen LogP contribution in [0.15, 0.2) is 23.0 Å². The third kappa shape index (κ3) is 2.48. The van der Waals surface area contributed by atoms with Crippen LogP contribution in [0.4, 0.5) is 4.39 Å². The van der Waals surface area contributed by atoms with E-state index >= 15 is 0 Å². The molecule has 0 bridgehead atoms. The maximum absolute atomic E-state index is 13.6. The molecule has 5 nitrogen and oxygen atoms in total. The molecule has 19 heavy (non-hydrogen) atoms. The second kappa shape index (κ2) is 4.81. The van der Waals surface area contributed by atoms with Gasteiger partial charge in [-0.3, -0.25) is 4.79 Å². The second-order valence-corrected chi connectivity index (χ2v) is 4.24. The van der Waals surface area contributed by atoms with E-state index in [-0.39, 0.29) is 22.1 Å². The van der Waals surface area contributed by atoms with Crippen molar-refractivity contribution >= 4 is 17.6 Å². The third-order valence-electron chi connectivity index (χ3n) is 2.50. The van der Waals surface area contributed by atoms with Crippen molar-refractivity contribution in [3.63, 3.8) is 0 Å². The molecule has 2 N–H and O–H groups in total. The lowest BCUT2D eigenvalue weighted by molar-refractivity contribution is 0.0693. The number of halogens is 2. The van der Waals surface area contributed by atoms with Gasteiger partial charge in [0.25, 0.3) is 5.56 Å². The molecule has 0 atom stereocenters. The molecule has 0 aliphatic rings. The Morgan fingerprint density at radius 1 is 1.47 bits per heavy atom. The van der Waals surface area contributed by atoms with Crippen molar-refractivity contribution in [1.29, 1.82) is 0 Å². The highest BCUT2D eigenvalue weighted by Gasteiger charge is 2.17. The molecule has 1 aromatic carbocycles. The normalized spacial score (nSPS) is 10.5. The Morgan fingerprint density at radius 3 is 2.74 bits per heavy atom. The molecule has 1 heterocycles. The number of H-pyrrole nitrogens is 1. The number of rotatable bonds is 2. The standard InChI is InChI=1S/C12H8ClFN2O3/c1-5-9(12(18)19)11(17)16-10(15-5)7-4-6(13)2-3-8(7)14/h2-4H,1H3,(H,18,19)(H,15,16,17). The summed E-state index contributed by atoms with van der Waals surface area (Å²) in [7, 11) is 0. The van der Waals surface area contributed by atoms with Gasteiger partial charge < -0.3 is 10.1 Å². The first kappa shape index (κ1) is 13.2. The van der Waals surface area contributed by atoms with Gasteiger partial charge in [0.1, 0.15) is 17.2 Å². The fourth-order valence-electron chi connectivity index (χ4n) is 1.64. The number of nitrogens with one attached hydrogen (secondary N) is 1. The molecule has 0 aliphatic carbocycles. The maximum Gasteiger partial charge on any atom is 0.343 e. The van der Waals surface area contributed by atoms with E-state index in [2.05, 4.69) is 9.97 Å². The first-order valence-electron chi connectivity index (χ1n) is 5.20. The van der Waals surface area contributed by atoms with Crippen LogP contribution in [0.2, 0.25) is 5.02 Å². The quantitative estimate of drug-likeness (QED) is 0.885. The molecule has 2 rings (SSSR count). The summed E-state index contributed by atoms with van der Waals surface area (Å²) in [6.45, 7) is 1.37. The number of hydrogen-bond donors (Lipinski definition) is 2. The van der Waals surface area contributed by atoms with Gasteiger partial charge >= 0.3 is 5.97 Å². The summed E-state index contributed by atoms with van der Waals surface area (Å²) in [5, 5.41) is 9.13. The van der Waals surface area contributed by atoms with Crippen LogP contribution in [0.3, 0.4) is 0 Å². The minimum Gasteiger partial charge on any atom is -0.477 e. The Bertz CT molecular complexity index is 727. The van der Waals surface area contributed by atoms with Crippen molar-refractivity contribution in [3.05, 3.63) is 50.7 Å². The summed E-state index contributed by atoms with van der Waals surface area (Å²) in [6.07, 6.45) is 0. The number of carboxylic acids is 1. The predicted molar refractivity (Wildman–Crippen MR) is 67.0 cm³/mol. The van der Waals surface area contributed by atoms with Gasteiger partial charge in [0.15, 0.2) is 0 Å². The van der Waals surface area contributed by atoms with Gasteiger partial charge in [0.2, 0.25) is 0 Å². The van der Waals surface area contributed by atoms with E-state index < -0.39 is 22.9 Å². The molecule has 0 saturated heterocycles. The molecule has 0 radical (unpaired) electrons. The van der Waals surface area contributed by atoms with Crippen LogP contribution in [-0.4, -0.2) is 21.0 Å². The zero-order valence-electron chi connectivity index (χ0n) is 9.70. The minimum absolute atomic E-state index is 0.00430. The second-order valence-electron chi connectivity index (χ2n) is 3.80. The van der Waals surface area contributed by atoms with E-state index in [0.717, 1.165) is 6.07 Å². The van der Waals surface area contributed by atoms with Gasteiger partial charge in [-0.1, -0.05) is 11.6 Å². The molecule has 0 saturated carbocycles. The topological polar surface area (TPSA) is 83.0 Å². The van der Waals surface area contributed by atoms with Crippen LogP contribution in [0, 0.1) is 12.7 Å². The zero-order chi connectivity index (χ0) is 14.2. The summed E-state index contributed by atoms with van der Waals surface area (Å²) in [6, 6.07) is 3.80. The third-order valence-corrected chi connectivity index (χ3v) is 2.73. The highest BCUT2D eigenvalue weighted by atomic mass is 35.5. The smallest absolute Gasteiger partial charge is 0.343 e. The Balaban J connectivity index is 2.68. The van der Waals surface area contributed by atoms with Gasteiger partial charge in [-0.15, -0.1) is 0 Å². The van der Waals surface area contributed by atoms with Crippen LogP contribution in [-0.2, 0) is 0 Å². The molecule has 2 aromatic rings. The first-order valence-corrected chi connectivity index (χ1v) is 5.57. The van der Waals surface area contributed by atoms with E-state index in [1.165, 1.54) is 19.1 Å². The monoisotopic (exact) mass is 282 g/mol. The molecule has 0 spiro atoms. The molecule has 0 aliphatic heterocycles. The van der Waals surface area contributed by atoms with Gasteiger partial charge in [0, 0.05) is 5.02 Å². The Kier molecular flexibility index (Phi) is 3.35. The number of aryl methyl sites for hydroxylation is 1. The highest BCUT2D eigenvalue weighted by molar-refractivity contribution is 6.30. The van der Waals surface area contributed by atoms with Crippen LogP contribution in [0.5, 0.6) is 0 Å². The number of nitrogens with zero attached hydrogens (tertiary/aromatic N) is 1. The minimum atomic E-state index is -1.38. The molecular weight excluding hydrogens is 275 g/mol. The van der Waals surface area contributed by atoms with E-state index in [4.69, 9.17) is 16.7 Å². The molecule has 0 fully saturated rings. The predicted octanol–water partition coefficient (Wildman–Crippen LogP) is 2.24. The molecular formula is C12H8ClFN2O3. The van der Waals surface area contributed by atoms with Gasteiger partial charge in [0.05, 0.1) is 11.3 Å². The summed E-state index contributed by atoms with van der Waals surface area (Å²) in [5.41, 5.74) is -1.30. The number of aromatic carboxylic acids is 1. The molecule has 0 amide bonds. The zero-order valence-corrected chi connectivity index (χ0v) is 10.5. The average Bonchev–Trinajstić information content (AvgIpc) is 2.30. The van der Waals surface area contributed by atoms with Crippen LogP contribution < -0.4 is 5.56 Å². The summed E-state index contributed by atoms with van der Waals surface area (Å²) < 4.78 is 13.6. The van der Waals surface area contributed by atoms with Gasteiger partial charge in [-0.05, 0) is 25.1 Å². The molecule has 7 heteroatoms. The van der Waals surface area contributed by atoms with E-state index in [9.17, 15) is 14.0 Å². The number of benzene rings is 1. The molecule has 1 aromatic heterocycles. The number of aromatic nitrogens is 2. The Hall–Kier alpha value is -2.21. The van der Waals surface area contributed by atoms with Crippen LogP contribution in [0.1, 0.15) is 16.1 Å². The lowest BCUT2D eigenvalue weighted by atomic mass is 10.1. The van der Waals surface area contributed by atoms with E-state index in [1.54, 1.807) is 0 Å². The fourth-order valence-corrected chi connectivity index (χ4v) is 1.82. The molecule has 0 unspecified atom stereocenters. The number of carbonyl (C=O) groups is 1. The summed E-state index contributed by atoms with van der Waals surface area (Å²) in [4.78, 5) is 28.6. The highest BCUT2D eigenvalue weighted by Crippen LogP contribution is 2.22. The SMILES string of the molecule is Cc1nc(-c2cc(Cl)ccc2F)[nH]c(=O)c1C(=O)O. The lowest BCUT2D eigenvalue weighted by Crippen LogP contribution is -2.21. The van der Waals surface area contributed by atoms with Crippen molar-refractivity contribution in [2.24, 2.45) is 0 Å². The number of carboxylic acid groups (broad SMARTS) is 1. The Labute approximate surface area is 111 Å². The first-order chi connectivity index (χ1) is 8.90. The van der Waals surface area contributed by atoms with Gasteiger partial charge in [-0.25, -0.2) is 14.2 Å². The van der Waals surface area contributed by atoms with Crippen LogP contribution in [0.25, 0.3) is 11.4 Å². The van der Waals surface area contributed by atoms with Crippen molar-refractivity contribution in [2.75, 3.05) is 0 Å². The van der Waals surface area contributed by atoms with Crippen LogP contribution >= 0.6 is 11.6 Å². The van der Waals surface area contributed by atoms with E-state index in [0.29, 0.717) is 0 Å². The average molecular weight is 283 g/mol. The maximum atomic E-state index is 13.6. The largest absolute Gasteiger partial charge is 0.477 e. The number of aromatic amines is 1. The fraction of sp³-hybridized carbons (Fsp3) is 0.0833. The Morgan fingerprint density at radius 2 is 2.16 bits per heavy atom. The summed E-state index contributed by atoms with van der Waals surface area (Å²) >= 11 is 5.75. The van der Waals surface area contributed by atoms with E-state index in [1.807, 2.05) is 0 Å². The number of hydrogen-bond acceptors (Lipinski definition) is 3. The van der Waals surface area contributed by atoms with Crippen molar-refractivity contribution in [3.8, 4) is 11.4 Å². The van der Waals surface area contributed by atoms with Crippen molar-refractivity contribution in [1.82, 2.24) is 9.97 Å². The molecule has 98 valence electrons. The van der Waals surface area contributed by atoms with Gasteiger partial charge in [-0.2, -0.15) is 0 Å². The van der Waals surface area contributed by atoms with Crippen molar-refractivity contribution in [2.45, 2.75) is 6.92 Å².